The normalized spacial score (nSPS) is 21.4. The largest absolute Gasteiger partial charge is 0.335 e. The van der Waals surface area contributed by atoms with Crippen LogP contribution in [0, 0.1) is 0 Å². The summed E-state index contributed by atoms with van der Waals surface area (Å²) in [4.78, 5) is 43.1. The van der Waals surface area contributed by atoms with Gasteiger partial charge in [-0.25, -0.2) is 4.79 Å². The number of carbonyl (C=O) groups is 2. The highest BCUT2D eigenvalue weighted by Crippen LogP contribution is 2.23. The number of amides is 2. The van der Waals surface area contributed by atoms with Crippen molar-refractivity contribution in [1.82, 2.24) is 14.5 Å². The Morgan fingerprint density at radius 1 is 0.900 bits per heavy atom. The third kappa shape index (κ3) is 3.15. The Morgan fingerprint density at radius 3 is 2.23 bits per heavy atom. The van der Waals surface area contributed by atoms with Crippen molar-refractivity contribution in [3.8, 4) is 0 Å². The Hall–Kier alpha value is -3.19. The smallest absolute Gasteiger partial charge is 0.326 e. The molecule has 2 N–H and O–H groups in total. The maximum Gasteiger partial charge on any atom is 0.326 e. The first-order valence-corrected chi connectivity index (χ1v) is 10.6. The van der Waals surface area contributed by atoms with Gasteiger partial charge in [0.15, 0.2) is 0 Å². The number of hydrogen-bond donors (Lipinski definition) is 2. The molecule has 2 aliphatic rings. The van der Waals surface area contributed by atoms with Crippen LogP contribution in [0.1, 0.15) is 46.0 Å². The van der Waals surface area contributed by atoms with Crippen LogP contribution in [-0.4, -0.2) is 52.4 Å². The predicted molar refractivity (Wildman–Crippen MR) is 113 cm³/mol. The molecule has 1 fully saturated rings. The van der Waals surface area contributed by atoms with Gasteiger partial charge in [0.05, 0.1) is 41.8 Å². The number of aromatic amines is 1. The molecule has 2 aliphatic heterocycles. The summed E-state index contributed by atoms with van der Waals surface area (Å²) in [6, 6.07) is 15.1. The Labute approximate surface area is 173 Å². The zero-order valence-electron chi connectivity index (χ0n) is 16.8. The summed E-state index contributed by atoms with van der Waals surface area (Å²) in [5.41, 5.74) is 2.86. The van der Waals surface area contributed by atoms with E-state index >= 15 is 0 Å². The Balaban J connectivity index is 1.16. The van der Waals surface area contributed by atoms with Crippen LogP contribution in [0.25, 0.3) is 11.0 Å². The van der Waals surface area contributed by atoms with Crippen molar-refractivity contribution in [2.75, 3.05) is 26.2 Å². The monoisotopic (exact) mass is 405 g/mol. The van der Waals surface area contributed by atoms with E-state index in [1.807, 2.05) is 28.8 Å². The van der Waals surface area contributed by atoms with Gasteiger partial charge in [-0.1, -0.05) is 24.3 Å². The molecule has 154 valence electrons. The maximum absolute atomic E-state index is 12.5. The molecule has 1 saturated heterocycles. The molecule has 30 heavy (non-hydrogen) atoms. The maximum atomic E-state index is 12.5. The number of carbonyl (C=O) groups excluding carboxylic acids is 2. The topological polar surface area (TPSA) is 79.6 Å². The van der Waals surface area contributed by atoms with E-state index in [9.17, 15) is 14.4 Å². The lowest BCUT2D eigenvalue weighted by Gasteiger charge is -2.30. The van der Waals surface area contributed by atoms with Crippen molar-refractivity contribution in [3.63, 3.8) is 0 Å². The zero-order valence-corrected chi connectivity index (χ0v) is 16.8. The number of nitrogens with zero attached hydrogens (tertiary/aromatic N) is 2. The SMILES string of the molecule is O=C1c2ccccc2C(=O)N1CCC[NH+]1CCC(n2c(=O)[nH]c3ccccc32)CC1. The average Bonchev–Trinajstić information content (AvgIpc) is 3.23. The highest BCUT2D eigenvalue weighted by atomic mass is 16.2. The van der Waals surface area contributed by atoms with E-state index in [1.54, 1.807) is 24.3 Å². The minimum absolute atomic E-state index is 0.0322. The van der Waals surface area contributed by atoms with Gasteiger partial charge in [-0.3, -0.25) is 19.1 Å². The van der Waals surface area contributed by atoms with Gasteiger partial charge >= 0.3 is 5.69 Å². The summed E-state index contributed by atoms with van der Waals surface area (Å²) >= 11 is 0. The molecule has 0 spiro atoms. The second kappa shape index (κ2) is 7.57. The summed E-state index contributed by atoms with van der Waals surface area (Å²) in [5.74, 6) is -0.356. The first-order valence-electron chi connectivity index (χ1n) is 10.6. The zero-order chi connectivity index (χ0) is 20.7. The first kappa shape index (κ1) is 18.8. The highest BCUT2D eigenvalue weighted by molar-refractivity contribution is 6.21. The van der Waals surface area contributed by atoms with Gasteiger partial charge in [0, 0.05) is 31.8 Å². The van der Waals surface area contributed by atoms with E-state index in [-0.39, 0.29) is 23.5 Å². The molecule has 3 aromatic rings. The molecule has 0 bridgehead atoms. The molecule has 5 rings (SSSR count). The van der Waals surface area contributed by atoms with Gasteiger partial charge in [-0.15, -0.1) is 0 Å². The molecule has 7 heteroatoms. The van der Waals surface area contributed by atoms with Gasteiger partial charge in [-0.05, 0) is 24.3 Å². The number of benzene rings is 2. The van der Waals surface area contributed by atoms with E-state index in [0.717, 1.165) is 49.9 Å². The fraction of sp³-hybridized carbons (Fsp3) is 0.348. The summed E-state index contributed by atoms with van der Waals surface area (Å²) in [5, 5.41) is 0. The minimum atomic E-state index is -0.178. The Bertz CT molecular complexity index is 1140. The van der Waals surface area contributed by atoms with Crippen molar-refractivity contribution in [1.29, 1.82) is 0 Å². The van der Waals surface area contributed by atoms with Crippen LogP contribution in [0.15, 0.2) is 53.3 Å². The molecule has 0 radical (unpaired) electrons. The fourth-order valence-corrected chi connectivity index (χ4v) is 4.89. The van der Waals surface area contributed by atoms with E-state index in [2.05, 4.69) is 4.98 Å². The number of likely N-dealkylation sites (tertiary alicyclic amines) is 1. The number of rotatable bonds is 5. The number of piperidine rings is 1. The Kier molecular flexibility index (Phi) is 4.75. The molecular formula is C23H25N4O3+. The van der Waals surface area contributed by atoms with Crippen molar-refractivity contribution < 1.29 is 14.5 Å². The van der Waals surface area contributed by atoms with Gasteiger partial charge in [0.2, 0.25) is 0 Å². The molecule has 7 nitrogen and oxygen atoms in total. The van der Waals surface area contributed by atoms with Crippen LogP contribution >= 0.6 is 0 Å². The highest BCUT2D eigenvalue weighted by Gasteiger charge is 2.35. The number of quaternary nitrogens is 1. The second-order valence-corrected chi connectivity index (χ2v) is 8.21. The van der Waals surface area contributed by atoms with Crippen molar-refractivity contribution in [3.05, 3.63) is 70.1 Å². The number of fused-ring (bicyclic) bond motifs is 2. The van der Waals surface area contributed by atoms with E-state index in [0.29, 0.717) is 17.7 Å². The van der Waals surface area contributed by atoms with Crippen LogP contribution in [0.4, 0.5) is 0 Å². The standard InChI is InChI=1S/C23H24N4O3/c28-21-17-6-1-2-7-18(17)22(29)26(21)13-5-12-25-14-10-16(11-15-25)27-20-9-4-3-8-19(20)24-23(27)30/h1-4,6-9,16H,5,10-15H2,(H,24,30)/p+1. The molecule has 2 amide bonds. The lowest BCUT2D eigenvalue weighted by molar-refractivity contribution is -0.905. The van der Waals surface area contributed by atoms with E-state index in [4.69, 9.17) is 0 Å². The van der Waals surface area contributed by atoms with Gasteiger partial charge < -0.3 is 9.88 Å². The number of nitrogens with one attached hydrogen (secondary N) is 2. The molecule has 3 heterocycles. The third-order valence-electron chi connectivity index (χ3n) is 6.44. The van der Waals surface area contributed by atoms with Crippen LogP contribution in [0.5, 0.6) is 0 Å². The summed E-state index contributed by atoms with van der Waals surface area (Å²) in [6.45, 7) is 3.35. The van der Waals surface area contributed by atoms with Crippen molar-refractivity contribution in [2.24, 2.45) is 0 Å². The number of para-hydroxylation sites is 2. The van der Waals surface area contributed by atoms with Crippen LogP contribution in [0.2, 0.25) is 0 Å². The van der Waals surface area contributed by atoms with Crippen molar-refractivity contribution >= 4 is 22.8 Å². The van der Waals surface area contributed by atoms with Crippen LogP contribution in [-0.2, 0) is 0 Å². The first-order chi connectivity index (χ1) is 14.6. The molecule has 1 aromatic heterocycles. The van der Waals surface area contributed by atoms with E-state index in [1.165, 1.54) is 9.80 Å². The number of imidazole rings is 1. The van der Waals surface area contributed by atoms with Gasteiger partial charge in [-0.2, -0.15) is 0 Å². The van der Waals surface area contributed by atoms with Crippen LogP contribution in [0.3, 0.4) is 0 Å². The second-order valence-electron chi connectivity index (χ2n) is 8.21. The Morgan fingerprint density at radius 2 is 1.53 bits per heavy atom. The molecule has 0 unspecified atom stereocenters. The lowest BCUT2D eigenvalue weighted by atomic mass is 10.0. The van der Waals surface area contributed by atoms with Crippen LogP contribution < -0.4 is 10.6 Å². The molecule has 0 atom stereocenters. The third-order valence-corrected chi connectivity index (χ3v) is 6.44. The summed E-state index contributed by atoms with van der Waals surface area (Å²) < 4.78 is 1.91. The number of hydrogen-bond acceptors (Lipinski definition) is 3. The van der Waals surface area contributed by atoms with Gasteiger partial charge in [0.1, 0.15) is 0 Å². The number of H-pyrrole nitrogens is 1. The molecule has 2 aromatic carbocycles. The van der Waals surface area contributed by atoms with Gasteiger partial charge in [0.25, 0.3) is 11.8 Å². The van der Waals surface area contributed by atoms with Crippen molar-refractivity contribution in [2.45, 2.75) is 25.3 Å². The van der Waals surface area contributed by atoms with E-state index < -0.39 is 0 Å². The number of aromatic nitrogens is 2. The predicted octanol–water partition coefficient (Wildman–Crippen LogP) is 1.24. The minimum Gasteiger partial charge on any atom is -0.335 e. The number of imide groups is 1. The average molecular weight is 405 g/mol. The summed E-state index contributed by atoms with van der Waals surface area (Å²) in [6.07, 6.45) is 2.69. The summed E-state index contributed by atoms with van der Waals surface area (Å²) in [7, 11) is 0. The fourth-order valence-electron chi connectivity index (χ4n) is 4.89. The quantitative estimate of drug-likeness (QED) is 0.627. The molecule has 0 saturated carbocycles. The lowest BCUT2D eigenvalue weighted by Crippen LogP contribution is -3.13. The molecule has 0 aliphatic carbocycles. The molecular weight excluding hydrogens is 380 g/mol.